The van der Waals surface area contributed by atoms with E-state index in [2.05, 4.69) is 12.2 Å². The van der Waals surface area contributed by atoms with Gasteiger partial charge in [0, 0.05) is 24.2 Å². The molecular weight excluding hydrogens is 304 g/mol. The summed E-state index contributed by atoms with van der Waals surface area (Å²) >= 11 is 0. The second-order valence-corrected chi connectivity index (χ2v) is 6.38. The molecule has 0 fully saturated rings. The van der Waals surface area contributed by atoms with Gasteiger partial charge in [0.2, 0.25) is 5.91 Å². The van der Waals surface area contributed by atoms with Crippen LogP contribution in [0.15, 0.2) is 18.2 Å². The van der Waals surface area contributed by atoms with Crippen LogP contribution in [-0.4, -0.2) is 10.8 Å². The van der Waals surface area contributed by atoms with E-state index < -0.39 is 4.92 Å². The number of nitrogens with one attached hydrogen (secondary N) is 1. The number of non-ortho nitro benzene ring substituents is 1. The van der Waals surface area contributed by atoms with Gasteiger partial charge in [0.15, 0.2) is 0 Å². The molecule has 5 heteroatoms. The Hall–Kier alpha value is -1.91. The Bertz CT molecular complexity index is 529. The SMILES string of the molecule is CCCCCCCCCCCC(=O)Nc1ccc([N+](=O)[O-])cc1C. The lowest BCUT2D eigenvalue weighted by Gasteiger charge is -2.08. The van der Waals surface area contributed by atoms with Crippen LogP contribution >= 0.6 is 0 Å². The normalized spacial score (nSPS) is 10.6. The third-order valence-electron chi connectivity index (χ3n) is 4.20. The zero-order valence-corrected chi connectivity index (χ0v) is 15.0. The predicted molar refractivity (Wildman–Crippen MR) is 98.3 cm³/mol. The topological polar surface area (TPSA) is 72.2 Å². The maximum atomic E-state index is 11.9. The third kappa shape index (κ3) is 8.09. The van der Waals surface area contributed by atoms with E-state index in [9.17, 15) is 14.9 Å². The summed E-state index contributed by atoms with van der Waals surface area (Å²) in [5.41, 5.74) is 1.41. The minimum atomic E-state index is -0.430. The molecule has 0 heterocycles. The smallest absolute Gasteiger partial charge is 0.269 e. The first-order valence-electron chi connectivity index (χ1n) is 9.09. The Morgan fingerprint density at radius 2 is 1.62 bits per heavy atom. The summed E-state index contributed by atoms with van der Waals surface area (Å²) in [4.78, 5) is 22.2. The number of rotatable bonds is 12. The standard InChI is InChI=1S/C19H30N2O3/c1-3-4-5-6-7-8-9-10-11-12-19(22)20-18-14-13-17(21(23)24)15-16(18)2/h13-15H,3-12H2,1-2H3,(H,20,22). The lowest BCUT2D eigenvalue weighted by molar-refractivity contribution is -0.384. The van der Waals surface area contributed by atoms with Gasteiger partial charge in [0.1, 0.15) is 0 Å². The van der Waals surface area contributed by atoms with Gasteiger partial charge in [-0.1, -0.05) is 58.3 Å². The molecule has 1 amide bonds. The van der Waals surface area contributed by atoms with E-state index in [1.54, 1.807) is 13.0 Å². The molecule has 0 bridgehead atoms. The van der Waals surface area contributed by atoms with Crippen LogP contribution in [-0.2, 0) is 4.79 Å². The van der Waals surface area contributed by atoms with Gasteiger partial charge in [-0.05, 0) is 25.0 Å². The van der Waals surface area contributed by atoms with E-state index in [1.165, 1.54) is 57.1 Å². The summed E-state index contributed by atoms with van der Waals surface area (Å²) in [6.07, 6.45) is 11.5. The number of hydrogen-bond donors (Lipinski definition) is 1. The Balaban J connectivity index is 2.17. The first-order valence-corrected chi connectivity index (χ1v) is 9.09. The molecule has 5 nitrogen and oxygen atoms in total. The van der Waals surface area contributed by atoms with Crippen molar-refractivity contribution in [3.05, 3.63) is 33.9 Å². The molecule has 0 saturated carbocycles. The van der Waals surface area contributed by atoms with Crippen LogP contribution in [0.2, 0.25) is 0 Å². The van der Waals surface area contributed by atoms with E-state index in [1.807, 2.05) is 0 Å². The fourth-order valence-electron chi connectivity index (χ4n) is 2.71. The van der Waals surface area contributed by atoms with Crippen LogP contribution in [0.5, 0.6) is 0 Å². The van der Waals surface area contributed by atoms with Crippen molar-refractivity contribution in [1.82, 2.24) is 0 Å². The van der Waals surface area contributed by atoms with Gasteiger partial charge in [0.05, 0.1) is 4.92 Å². The Labute approximate surface area is 145 Å². The van der Waals surface area contributed by atoms with Crippen LogP contribution in [0.25, 0.3) is 0 Å². The molecule has 0 saturated heterocycles. The van der Waals surface area contributed by atoms with Gasteiger partial charge in [-0.3, -0.25) is 14.9 Å². The minimum Gasteiger partial charge on any atom is -0.326 e. The van der Waals surface area contributed by atoms with E-state index >= 15 is 0 Å². The molecule has 1 N–H and O–H groups in total. The lowest BCUT2D eigenvalue weighted by Crippen LogP contribution is -2.12. The van der Waals surface area contributed by atoms with Crippen LogP contribution in [0.3, 0.4) is 0 Å². The van der Waals surface area contributed by atoms with Gasteiger partial charge in [-0.15, -0.1) is 0 Å². The van der Waals surface area contributed by atoms with Gasteiger partial charge in [-0.25, -0.2) is 0 Å². The molecule has 24 heavy (non-hydrogen) atoms. The number of benzene rings is 1. The summed E-state index contributed by atoms with van der Waals surface area (Å²) in [5.74, 6) is -0.0186. The quantitative estimate of drug-likeness (QED) is 0.300. The molecule has 0 aliphatic heterocycles. The number of carbonyl (C=O) groups is 1. The molecule has 0 radical (unpaired) electrons. The first kappa shape index (κ1) is 20.1. The number of nitrogens with zero attached hydrogens (tertiary/aromatic N) is 1. The molecule has 0 unspecified atom stereocenters. The predicted octanol–water partition coefficient (Wildman–Crippen LogP) is 5.76. The second kappa shape index (κ2) is 11.6. The monoisotopic (exact) mass is 334 g/mol. The molecule has 1 aromatic rings. The number of aryl methyl sites for hydroxylation is 1. The average molecular weight is 334 g/mol. The minimum absolute atomic E-state index is 0.0186. The Kier molecular flexibility index (Phi) is 9.73. The molecule has 134 valence electrons. The summed E-state index contributed by atoms with van der Waals surface area (Å²) in [6.45, 7) is 3.99. The van der Waals surface area contributed by atoms with Crippen molar-refractivity contribution in [3.8, 4) is 0 Å². The molecular formula is C19H30N2O3. The summed E-state index contributed by atoms with van der Waals surface area (Å²) in [7, 11) is 0. The Morgan fingerprint density at radius 3 is 2.17 bits per heavy atom. The zero-order chi connectivity index (χ0) is 17.8. The summed E-state index contributed by atoms with van der Waals surface area (Å²) in [5, 5.41) is 13.5. The van der Waals surface area contributed by atoms with Crippen LogP contribution in [0.1, 0.15) is 76.7 Å². The second-order valence-electron chi connectivity index (χ2n) is 6.38. The fraction of sp³-hybridized carbons (Fsp3) is 0.632. The Morgan fingerprint density at radius 1 is 1.04 bits per heavy atom. The lowest BCUT2D eigenvalue weighted by atomic mass is 10.1. The first-order chi connectivity index (χ1) is 11.5. The van der Waals surface area contributed by atoms with Crippen LogP contribution in [0, 0.1) is 17.0 Å². The highest BCUT2D eigenvalue weighted by molar-refractivity contribution is 5.91. The number of unbranched alkanes of at least 4 members (excludes halogenated alkanes) is 8. The highest BCUT2D eigenvalue weighted by Crippen LogP contribution is 2.21. The van der Waals surface area contributed by atoms with Crippen molar-refractivity contribution in [3.63, 3.8) is 0 Å². The van der Waals surface area contributed by atoms with E-state index in [4.69, 9.17) is 0 Å². The molecule has 0 aliphatic rings. The maximum absolute atomic E-state index is 11.9. The molecule has 0 aromatic heterocycles. The van der Waals surface area contributed by atoms with Crippen molar-refractivity contribution >= 4 is 17.3 Å². The number of hydrogen-bond acceptors (Lipinski definition) is 3. The zero-order valence-electron chi connectivity index (χ0n) is 15.0. The number of amides is 1. The maximum Gasteiger partial charge on any atom is 0.269 e. The van der Waals surface area contributed by atoms with Crippen molar-refractivity contribution in [2.45, 2.75) is 78.1 Å². The average Bonchev–Trinajstić information content (AvgIpc) is 2.55. The van der Waals surface area contributed by atoms with Gasteiger partial charge in [0.25, 0.3) is 5.69 Å². The van der Waals surface area contributed by atoms with E-state index in [0.29, 0.717) is 17.7 Å². The van der Waals surface area contributed by atoms with Gasteiger partial charge in [-0.2, -0.15) is 0 Å². The highest BCUT2D eigenvalue weighted by atomic mass is 16.6. The van der Waals surface area contributed by atoms with Gasteiger partial charge >= 0.3 is 0 Å². The number of nitro groups is 1. The van der Waals surface area contributed by atoms with Crippen molar-refractivity contribution in [2.75, 3.05) is 5.32 Å². The number of carbonyl (C=O) groups excluding carboxylic acids is 1. The van der Waals surface area contributed by atoms with E-state index in [0.717, 1.165) is 12.8 Å². The van der Waals surface area contributed by atoms with Crippen molar-refractivity contribution in [1.29, 1.82) is 0 Å². The number of anilines is 1. The largest absolute Gasteiger partial charge is 0.326 e. The van der Waals surface area contributed by atoms with Crippen molar-refractivity contribution < 1.29 is 9.72 Å². The van der Waals surface area contributed by atoms with Crippen molar-refractivity contribution in [2.24, 2.45) is 0 Å². The van der Waals surface area contributed by atoms with Crippen LogP contribution in [0.4, 0.5) is 11.4 Å². The summed E-state index contributed by atoms with van der Waals surface area (Å²) in [6, 6.07) is 4.50. The molecule has 0 aliphatic carbocycles. The number of nitro benzene ring substituents is 1. The van der Waals surface area contributed by atoms with Gasteiger partial charge < -0.3 is 5.32 Å². The molecule has 0 atom stereocenters. The summed E-state index contributed by atoms with van der Waals surface area (Å²) < 4.78 is 0. The third-order valence-corrected chi connectivity index (χ3v) is 4.20. The molecule has 1 aromatic carbocycles. The highest BCUT2D eigenvalue weighted by Gasteiger charge is 2.10. The van der Waals surface area contributed by atoms with E-state index in [-0.39, 0.29) is 11.6 Å². The van der Waals surface area contributed by atoms with Crippen LogP contribution < -0.4 is 5.32 Å². The molecule has 0 spiro atoms. The fourth-order valence-corrected chi connectivity index (χ4v) is 2.71. The molecule has 1 rings (SSSR count).